The highest BCUT2D eigenvalue weighted by Crippen LogP contribution is 2.33. The maximum atomic E-state index is 12.9. The smallest absolute Gasteiger partial charge is 0.282 e. The number of para-hydroxylation sites is 2. The summed E-state index contributed by atoms with van der Waals surface area (Å²) in [5, 5.41) is 12.3. The number of thiazole rings is 1. The molecular formula is C19H17N3O3S. The van der Waals surface area contributed by atoms with Crippen LogP contribution >= 0.6 is 11.3 Å². The van der Waals surface area contributed by atoms with Crippen LogP contribution in [0.4, 0.5) is 5.69 Å². The molecule has 1 aliphatic rings. The van der Waals surface area contributed by atoms with E-state index in [1.807, 2.05) is 18.2 Å². The first-order chi connectivity index (χ1) is 12.6. The van der Waals surface area contributed by atoms with Crippen LogP contribution in [0.25, 0.3) is 10.2 Å². The normalized spacial score (nSPS) is 17.4. The maximum Gasteiger partial charge on any atom is 0.282 e. The van der Waals surface area contributed by atoms with Gasteiger partial charge >= 0.3 is 0 Å². The molecular weight excluding hydrogens is 350 g/mol. The monoisotopic (exact) mass is 367 g/mol. The van der Waals surface area contributed by atoms with E-state index >= 15 is 0 Å². The Morgan fingerprint density at radius 3 is 2.77 bits per heavy atom. The Morgan fingerprint density at radius 2 is 1.96 bits per heavy atom. The molecule has 1 aromatic heterocycles. The summed E-state index contributed by atoms with van der Waals surface area (Å²) < 4.78 is 1.14. The molecule has 0 aliphatic carbocycles. The molecule has 1 amide bonds. The third-order valence-corrected chi connectivity index (χ3v) is 5.90. The number of carbonyl (C=O) groups excluding carboxylic acids is 1. The number of nitrogens with zero attached hydrogens (tertiary/aromatic N) is 3. The highest BCUT2D eigenvalue weighted by molar-refractivity contribution is 7.18. The lowest BCUT2D eigenvalue weighted by Crippen LogP contribution is -2.39. The van der Waals surface area contributed by atoms with Crippen LogP contribution in [0.3, 0.4) is 0 Å². The molecule has 0 saturated carbocycles. The van der Waals surface area contributed by atoms with Crippen molar-refractivity contribution in [1.82, 2.24) is 9.88 Å². The first-order valence-corrected chi connectivity index (χ1v) is 9.33. The van der Waals surface area contributed by atoms with Gasteiger partial charge < -0.3 is 4.90 Å². The van der Waals surface area contributed by atoms with Crippen LogP contribution in [0, 0.1) is 10.1 Å². The summed E-state index contributed by atoms with van der Waals surface area (Å²) in [5.41, 5.74) is 0.997. The average molecular weight is 367 g/mol. The molecule has 2 heterocycles. The minimum atomic E-state index is -0.498. The summed E-state index contributed by atoms with van der Waals surface area (Å²) in [4.78, 5) is 30.0. The fraction of sp³-hybridized carbons (Fsp3) is 0.263. The van der Waals surface area contributed by atoms with Crippen molar-refractivity contribution in [2.45, 2.75) is 18.8 Å². The molecule has 132 valence electrons. The van der Waals surface area contributed by atoms with Gasteiger partial charge in [-0.05, 0) is 31.0 Å². The van der Waals surface area contributed by atoms with Crippen LogP contribution in [0.2, 0.25) is 0 Å². The number of hydrogen-bond acceptors (Lipinski definition) is 5. The van der Waals surface area contributed by atoms with Gasteiger partial charge in [-0.2, -0.15) is 0 Å². The molecule has 1 aliphatic heterocycles. The second-order valence-corrected chi connectivity index (χ2v) is 7.45. The second kappa shape index (κ2) is 6.84. The number of benzene rings is 2. The lowest BCUT2D eigenvalue weighted by Gasteiger charge is -2.31. The molecule has 26 heavy (non-hydrogen) atoms. The molecule has 0 bridgehead atoms. The lowest BCUT2D eigenvalue weighted by molar-refractivity contribution is -0.385. The molecule has 4 rings (SSSR count). The molecule has 1 fully saturated rings. The molecule has 1 atom stereocenters. The summed E-state index contributed by atoms with van der Waals surface area (Å²) in [7, 11) is 0. The summed E-state index contributed by atoms with van der Waals surface area (Å²) in [6, 6.07) is 14.2. The molecule has 0 N–H and O–H groups in total. The molecule has 3 aromatic rings. The second-order valence-electron chi connectivity index (χ2n) is 6.38. The number of aromatic nitrogens is 1. The fourth-order valence-corrected chi connectivity index (χ4v) is 4.51. The fourth-order valence-electron chi connectivity index (χ4n) is 3.41. The number of nitro benzene ring substituents is 1. The third-order valence-electron chi connectivity index (χ3n) is 4.70. The highest BCUT2D eigenvalue weighted by Gasteiger charge is 2.30. The molecule has 2 aromatic carbocycles. The number of piperidine rings is 1. The number of hydrogen-bond donors (Lipinski definition) is 0. The minimum absolute atomic E-state index is 0.139. The molecule has 7 heteroatoms. The Hall–Kier alpha value is -2.80. The van der Waals surface area contributed by atoms with Crippen LogP contribution < -0.4 is 0 Å². The standard InChI is InChI=1S/C19H17N3O3S/c23-19(14-7-1-3-9-16(14)22(24)25)21-11-5-6-13(12-21)18-20-15-8-2-4-10-17(15)26-18/h1-4,7-10,13H,5-6,11-12H2/t13-/m1/s1. The van der Waals surface area contributed by atoms with E-state index < -0.39 is 4.92 Å². The van der Waals surface area contributed by atoms with Crippen molar-refractivity contribution in [2.75, 3.05) is 13.1 Å². The Kier molecular flexibility index (Phi) is 4.38. The molecule has 0 spiro atoms. The highest BCUT2D eigenvalue weighted by atomic mass is 32.1. The third kappa shape index (κ3) is 3.06. The van der Waals surface area contributed by atoms with E-state index in [0.717, 1.165) is 28.1 Å². The van der Waals surface area contributed by atoms with E-state index in [4.69, 9.17) is 4.98 Å². The summed E-state index contributed by atoms with van der Waals surface area (Å²) >= 11 is 1.66. The zero-order valence-electron chi connectivity index (χ0n) is 14.0. The number of nitro groups is 1. The number of likely N-dealkylation sites (tertiary alicyclic amines) is 1. The maximum absolute atomic E-state index is 12.9. The summed E-state index contributed by atoms with van der Waals surface area (Å²) in [5.74, 6) is -0.101. The zero-order chi connectivity index (χ0) is 18.1. The van der Waals surface area contributed by atoms with Gasteiger partial charge in [0.2, 0.25) is 0 Å². The van der Waals surface area contributed by atoms with E-state index in [0.29, 0.717) is 13.1 Å². The van der Waals surface area contributed by atoms with Gasteiger partial charge in [0.15, 0.2) is 0 Å². The summed E-state index contributed by atoms with van der Waals surface area (Å²) in [6.07, 6.45) is 1.84. The Bertz CT molecular complexity index is 952. The molecule has 6 nitrogen and oxygen atoms in total. The topological polar surface area (TPSA) is 76.3 Å². The molecule has 0 radical (unpaired) electrons. The number of carbonyl (C=O) groups is 1. The van der Waals surface area contributed by atoms with Gasteiger partial charge in [-0.15, -0.1) is 11.3 Å². The predicted molar refractivity (Wildman–Crippen MR) is 101 cm³/mol. The zero-order valence-corrected chi connectivity index (χ0v) is 14.8. The van der Waals surface area contributed by atoms with E-state index in [1.165, 1.54) is 12.1 Å². The van der Waals surface area contributed by atoms with Crippen LogP contribution in [0.5, 0.6) is 0 Å². The SMILES string of the molecule is O=C(c1ccccc1[N+](=O)[O-])N1CCC[C@@H](c2nc3ccccc3s2)C1. The number of rotatable bonds is 3. The lowest BCUT2D eigenvalue weighted by atomic mass is 9.97. The average Bonchev–Trinajstić information content (AvgIpc) is 3.12. The molecule has 0 unspecified atom stereocenters. The van der Waals surface area contributed by atoms with E-state index in [2.05, 4.69) is 6.07 Å². The van der Waals surface area contributed by atoms with Crippen molar-refractivity contribution in [3.8, 4) is 0 Å². The molecule has 1 saturated heterocycles. The Labute approximate surface area is 154 Å². The van der Waals surface area contributed by atoms with Crippen LogP contribution in [0.1, 0.15) is 34.1 Å². The van der Waals surface area contributed by atoms with Gasteiger partial charge in [-0.25, -0.2) is 4.98 Å². The predicted octanol–water partition coefficient (Wildman–Crippen LogP) is 4.22. The summed E-state index contributed by atoms with van der Waals surface area (Å²) in [6.45, 7) is 1.16. The van der Waals surface area contributed by atoms with Gasteiger partial charge in [0.1, 0.15) is 5.56 Å². The first-order valence-electron chi connectivity index (χ1n) is 8.51. The first kappa shape index (κ1) is 16.7. The number of amides is 1. The van der Waals surface area contributed by atoms with E-state index in [9.17, 15) is 14.9 Å². The van der Waals surface area contributed by atoms with Crippen molar-refractivity contribution in [2.24, 2.45) is 0 Å². The van der Waals surface area contributed by atoms with Gasteiger partial charge in [-0.3, -0.25) is 14.9 Å². The van der Waals surface area contributed by atoms with Gasteiger partial charge in [0, 0.05) is 25.1 Å². The van der Waals surface area contributed by atoms with Gasteiger partial charge in [-0.1, -0.05) is 24.3 Å². The van der Waals surface area contributed by atoms with Crippen molar-refractivity contribution in [1.29, 1.82) is 0 Å². The van der Waals surface area contributed by atoms with E-state index in [1.54, 1.807) is 28.4 Å². The van der Waals surface area contributed by atoms with Crippen molar-refractivity contribution >= 4 is 33.1 Å². The largest absolute Gasteiger partial charge is 0.338 e. The van der Waals surface area contributed by atoms with Crippen molar-refractivity contribution < 1.29 is 9.72 Å². The van der Waals surface area contributed by atoms with Crippen LogP contribution in [0.15, 0.2) is 48.5 Å². The van der Waals surface area contributed by atoms with Gasteiger partial charge in [0.25, 0.3) is 11.6 Å². The van der Waals surface area contributed by atoms with E-state index in [-0.39, 0.29) is 23.1 Å². The van der Waals surface area contributed by atoms with Crippen LogP contribution in [-0.2, 0) is 0 Å². The Balaban J connectivity index is 1.59. The quantitative estimate of drug-likeness (QED) is 0.513. The minimum Gasteiger partial charge on any atom is -0.338 e. The van der Waals surface area contributed by atoms with Crippen LogP contribution in [-0.4, -0.2) is 33.8 Å². The number of fused-ring (bicyclic) bond motifs is 1. The van der Waals surface area contributed by atoms with Gasteiger partial charge in [0.05, 0.1) is 20.1 Å². The Morgan fingerprint density at radius 1 is 1.19 bits per heavy atom. The van der Waals surface area contributed by atoms with Crippen molar-refractivity contribution in [3.63, 3.8) is 0 Å². The van der Waals surface area contributed by atoms with Crippen molar-refractivity contribution in [3.05, 3.63) is 69.2 Å².